The zero-order valence-corrected chi connectivity index (χ0v) is 13.6. The molecule has 24 heavy (non-hydrogen) atoms. The Hall–Kier alpha value is -3.02. The first-order valence-corrected chi connectivity index (χ1v) is 7.44. The van der Waals surface area contributed by atoms with Gasteiger partial charge in [0.05, 0.1) is 12.7 Å². The van der Waals surface area contributed by atoms with Crippen molar-refractivity contribution in [2.45, 2.75) is 19.4 Å². The number of rotatable bonds is 6. The lowest BCUT2D eigenvalue weighted by molar-refractivity contribution is -0.119. The van der Waals surface area contributed by atoms with E-state index >= 15 is 0 Å². The van der Waals surface area contributed by atoms with Crippen molar-refractivity contribution in [2.24, 2.45) is 5.73 Å². The maximum Gasteiger partial charge on any atom is 0.255 e. The molecule has 4 N–H and O–H groups in total. The third-order valence-corrected chi connectivity index (χ3v) is 3.62. The number of aryl methyl sites for hydroxylation is 1. The fourth-order valence-corrected chi connectivity index (χ4v) is 2.38. The Bertz CT molecular complexity index is 744. The molecule has 0 saturated heterocycles. The van der Waals surface area contributed by atoms with Crippen molar-refractivity contribution in [3.05, 3.63) is 59.2 Å². The molecule has 0 bridgehead atoms. The molecular weight excluding hydrogens is 308 g/mol. The van der Waals surface area contributed by atoms with Gasteiger partial charge in [-0.3, -0.25) is 9.59 Å². The van der Waals surface area contributed by atoms with Gasteiger partial charge < -0.3 is 20.9 Å². The fourth-order valence-electron chi connectivity index (χ4n) is 2.38. The van der Waals surface area contributed by atoms with Crippen LogP contribution in [0.4, 0.5) is 0 Å². The van der Waals surface area contributed by atoms with Gasteiger partial charge in [-0.15, -0.1) is 0 Å². The second kappa shape index (κ2) is 7.50. The number of benzene rings is 2. The molecule has 2 aromatic carbocycles. The van der Waals surface area contributed by atoms with E-state index in [0.29, 0.717) is 0 Å². The third kappa shape index (κ3) is 4.04. The van der Waals surface area contributed by atoms with Crippen molar-refractivity contribution in [3.8, 4) is 11.5 Å². The number of amides is 2. The third-order valence-electron chi connectivity index (χ3n) is 3.62. The maximum absolute atomic E-state index is 12.5. The fraction of sp³-hybridized carbons (Fsp3) is 0.222. The minimum absolute atomic E-state index is 0.0335. The van der Waals surface area contributed by atoms with Gasteiger partial charge >= 0.3 is 0 Å². The smallest absolute Gasteiger partial charge is 0.255 e. The van der Waals surface area contributed by atoms with Gasteiger partial charge in [-0.1, -0.05) is 30.3 Å². The summed E-state index contributed by atoms with van der Waals surface area (Å²) in [7, 11) is 1.40. The number of primary amides is 1. The number of nitrogens with two attached hydrogens (primary N) is 1. The van der Waals surface area contributed by atoms with Gasteiger partial charge in [0.15, 0.2) is 11.5 Å². The SMILES string of the molecule is COc1cc(C)cc(C(=O)N[C@@H](Cc2ccccc2)C(N)=O)c1O. The van der Waals surface area contributed by atoms with E-state index in [1.165, 1.54) is 13.2 Å². The highest BCUT2D eigenvalue weighted by Crippen LogP contribution is 2.31. The molecule has 0 unspecified atom stereocenters. The van der Waals surface area contributed by atoms with Gasteiger partial charge in [-0.25, -0.2) is 0 Å². The normalized spacial score (nSPS) is 11.6. The second-order valence-electron chi connectivity index (χ2n) is 5.48. The lowest BCUT2D eigenvalue weighted by Gasteiger charge is -2.17. The molecule has 2 rings (SSSR count). The molecule has 0 fully saturated rings. The van der Waals surface area contributed by atoms with Crippen LogP contribution in [0.5, 0.6) is 11.5 Å². The molecule has 2 aromatic rings. The minimum Gasteiger partial charge on any atom is -0.504 e. The summed E-state index contributed by atoms with van der Waals surface area (Å²) in [6.45, 7) is 1.77. The van der Waals surface area contributed by atoms with E-state index < -0.39 is 17.9 Å². The molecule has 0 aromatic heterocycles. The first-order valence-electron chi connectivity index (χ1n) is 7.44. The average molecular weight is 328 g/mol. The van der Waals surface area contributed by atoms with Crippen molar-refractivity contribution in [3.63, 3.8) is 0 Å². The van der Waals surface area contributed by atoms with E-state index in [9.17, 15) is 14.7 Å². The summed E-state index contributed by atoms with van der Waals surface area (Å²) in [5.74, 6) is -1.32. The molecule has 6 heteroatoms. The zero-order valence-electron chi connectivity index (χ0n) is 13.6. The van der Waals surface area contributed by atoms with Crippen LogP contribution in [-0.4, -0.2) is 30.1 Å². The monoisotopic (exact) mass is 328 g/mol. The van der Waals surface area contributed by atoms with Gasteiger partial charge in [-0.05, 0) is 30.2 Å². The van der Waals surface area contributed by atoms with Crippen molar-refractivity contribution in [1.82, 2.24) is 5.32 Å². The topological polar surface area (TPSA) is 102 Å². The molecule has 0 aliphatic rings. The number of carbonyl (C=O) groups excluding carboxylic acids is 2. The Kier molecular flexibility index (Phi) is 5.42. The Balaban J connectivity index is 2.22. The van der Waals surface area contributed by atoms with Crippen LogP contribution in [0.25, 0.3) is 0 Å². The van der Waals surface area contributed by atoms with Crippen molar-refractivity contribution in [1.29, 1.82) is 0 Å². The molecule has 0 aliphatic carbocycles. The van der Waals surface area contributed by atoms with Gasteiger partial charge in [0, 0.05) is 6.42 Å². The van der Waals surface area contributed by atoms with E-state index in [1.807, 2.05) is 30.3 Å². The summed E-state index contributed by atoms with van der Waals surface area (Å²) >= 11 is 0. The summed E-state index contributed by atoms with van der Waals surface area (Å²) < 4.78 is 5.04. The van der Waals surface area contributed by atoms with Crippen LogP contribution >= 0.6 is 0 Å². The summed E-state index contributed by atoms with van der Waals surface area (Å²) in [4.78, 5) is 24.1. The van der Waals surface area contributed by atoms with Crippen molar-refractivity contribution < 1.29 is 19.4 Å². The number of aromatic hydroxyl groups is 1. The predicted molar refractivity (Wildman–Crippen MR) is 90.0 cm³/mol. The van der Waals surface area contributed by atoms with Crippen LogP contribution in [0.15, 0.2) is 42.5 Å². The molecule has 6 nitrogen and oxygen atoms in total. The number of hydrogen-bond acceptors (Lipinski definition) is 4. The lowest BCUT2D eigenvalue weighted by Crippen LogP contribution is -2.45. The predicted octanol–water partition coefficient (Wildman–Crippen LogP) is 1.54. The quantitative estimate of drug-likeness (QED) is 0.748. The second-order valence-corrected chi connectivity index (χ2v) is 5.48. The van der Waals surface area contributed by atoms with Gasteiger partial charge in [0.2, 0.25) is 5.91 Å². The molecule has 1 atom stereocenters. The van der Waals surface area contributed by atoms with E-state index in [1.54, 1.807) is 13.0 Å². The number of phenols is 1. The Morgan fingerprint density at radius 3 is 2.50 bits per heavy atom. The van der Waals surface area contributed by atoms with E-state index in [2.05, 4.69) is 5.32 Å². The number of ether oxygens (including phenoxy) is 1. The molecule has 0 spiro atoms. The lowest BCUT2D eigenvalue weighted by atomic mass is 10.0. The van der Waals surface area contributed by atoms with Crippen LogP contribution in [-0.2, 0) is 11.2 Å². The van der Waals surface area contributed by atoms with Crippen molar-refractivity contribution in [2.75, 3.05) is 7.11 Å². The molecule has 0 radical (unpaired) electrons. The van der Waals surface area contributed by atoms with Crippen LogP contribution in [0, 0.1) is 6.92 Å². The number of phenolic OH excluding ortho intramolecular Hbond substituents is 1. The summed E-state index contributed by atoms with van der Waals surface area (Å²) in [6.07, 6.45) is 0.269. The number of hydrogen-bond donors (Lipinski definition) is 3. The highest BCUT2D eigenvalue weighted by molar-refractivity contribution is 6.00. The molecule has 0 saturated carbocycles. The Labute approximate surface area is 140 Å². The van der Waals surface area contributed by atoms with Crippen LogP contribution in [0.3, 0.4) is 0 Å². The van der Waals surface area contributed by atoms with Gasteiger partial charge in [0.1, 0.15) is 6.04 Å². The average Bonchev–Trinajstić information content (AvgIpc) is 2.56. The summed E-state index contributed by atoms with van der Waals surface area (Å²) in [5.41, 5.74) is 7.04. The van der Waals surface area contributed by atoms with Crippen molar-refractivity contribution >= 4 is 11.8 Å². The summed E-state index contributed by atoms with van der Waals surface area (Å²) in [5, 5.41) is 12.7. The van der Waals surface area contributed by atoms with Crippen LogP contribution < -0.4 is 15.8 Å². The highest BCUT2D eigenvalue weighted by Gasteiger charge is 2.22. The molecule has 2 amide bonds. The van der Waals surface area contributed by atoms with Gasteiger partial charge in [0.25, 0.3) is 5.91 Å². The highest BCUT2D eigenvalue weighted by atomic mass is 16.5. The molecule has 126 valence electrons. The first-order chi connectivity index (χ1) is 11.4. The zero-order chi connectivity index (χ0) is 17.7. The number of methoxy groups -OCH3 is 1. The van der Waals surface area contributed by atoms with E-state index in [0.717, 1.165) is 11.1 Å². The van der Waals surface area contributed by atoms with E-state index in [-0.39, 0.29) is 23.5 Å². The van der Waals surface area contributed by atoms with Crippen LogP contribution in [0.2, 0.25) is 0 Å². The number of carbonyl (C=O) groups is 2. The summed E-state index contributed by atoms with van der Waals surface area (Å²) in [6, 6.07) is 11.5. The van der Waals surface area contributed by atoms with Crippen LogP contribution in [0.1, 0.15) is 21.5 Å². The van der Waals surface area contributed by atoms with E-state index in [4.69, 9.17) is 10.5 Å². The molecular formula is C18H20N2O4. The van der Waals surface area contributed by atoms with Gasteiger partial charge in [-0.2, -0.15) is 0 Å². The largest absolute Gasteiger partial charge is 0.504 e. The molecule has 0 heterocycles. The first kappa shape index (κ1) is 17.3. The minimum atomic E-state index is -0.884. The molecule has 0 aliphatic heterocycles. The maximum atomic E-state index is 12.5. The standard InChI is InChI=1S/C18H20N2O4/c1-11-8-13(16(21)15(9-11)24-2)18(23)20-14(17(19)22)10-12-6-4-3-5-7-12/h3-9,14,21H,10H2,1-2H3,(H2,19,22)(H,20,23)/t14-/m0/s1. The Morgan fingerprint density at radius 2 is 1.92 bits per heavy atom. The Morgan fingerprint density at radius 1 is 1.25 bits per heavy atom. The number of nitrogens with one attached hydrogen (secondary N) is 1.